The molecule has 0 aromatic heterocycles. The Balaban J connectivity index is 2.54. The molecule has 1 aliphatic rings. The lowest BCUT2D eigenvalue weighted by molar-refractivity contribution is 0.573. The first-order valence-corrected chi connectivity index (χ1v) is 8.22. The van der Waals surface area contributed by atoms with E-state index in [2.05, 4.69) is 4.72 Å². The lowest BCUT2D eigenvalue weighted by Gasteiger charge is -2.09. The van der Waals surface area contributed by atoms with Crippen molar-refractivity contribution in [3.63, 3.8) is 0 Å². The van der Waals surface area contributed by atoms with Gasteiger partial charge in [0.2, 0.25) is 10.0 Å². The van der Waals surface area contributed by atoms with Gasteiger partial charge < -0.3 is 0 Å². The van der Waals surface area contributed by atoms with Crippen molar-refractivity contribution in [2.24, 2.45) is 0 Å². The smallest absolute Gasteiger partial charge is 0.212 e. The fraction of sp³-hybridized carbons (Fsp3) is 0.714. The lowest BCUT2D eigenvalue weighted by atomic mass is 10.4. The van der Waals surface area contributed by atoms with Crippen molar-refractivity contribution in [1.82, 2.24) is 4.72 Å². The molecule has 0 amide bonds. The third-order valence-corrected chi connectivity index (χ3v) is 4.96. The first-order chi connectivity index (χ1) is 6.85. The average molecular weight is 274 g/mol. The van der Waals surface area contributed by atoms with Crippen molar-refractivity contribution >= 4 is 31.5 Å². The SMILES string of the molecule is O=S1(=O)C=CC(NS(=O)(=O)CCCCl)C1. The summed E-state index contributed by atoms with van der Waals surface area (Å²) in [6.07, 6.45) is 1.69. The van der Waals surface area contributed by atoms with Gasteiger partial charge in [-0.05, 0) is 6.42 Å². The maximum Gasteiger partial charge on any atom is 0.212 e. The van der Waals surface area contributed by atoms with Gasteiger partial charge in [-0.15, -0.1) is 11.6 Å². The molecule has 1 atom stereocenters. The number of sulfonamides is 1. The highest BCUT2D eigenvalue weighted by atomic mass is 35.5. The number of rotatable bonds is 5. The molecule has 1 aliphatic heterocycles. The van der Waals surface area contributed by atoms with Crippen molar-refractivity contribution in [2.75, 3.05) is 17.4 Å². The van der Waals surface area contributed by atoms with Gasteiger partial charge >= 0.3 is 0 Å². The Morgan fingerprint density at radius 3 is 2.60 bits per heavy atom. The van der Waals surface area contributed by atoms with E-state index in [0.717, 1.165) is 5.41 Å². The molecule has 0 bridgehead atoms. The van der Waals surface area contributed by atoms with Crippen molar-refractivity contribution in [3.05, 3.63) is 11.5 Å². The Kier molecular flexibility index (Phi) is 4.16. The first-order valence-electron chi connectivity index (χ1n) is 4.31. The zero-order chi connectivity index (χ0) is 11.5. The Labute approximate surface area is 94.5 Å². The van der Waals surface area contributed by atoms with E-state index in [1.807, 2.05) is 0 Å². The molecule has 0 aliphatic carbocycles. The Morgan fingerprint density at radius 1 is 1.47 bits per heavy atom. The van der Waals surface area contributed by atoms with Crippen molar-refractivity contribution in [2.45, 2.75) is 12.5 Å². The third-order valence-electron chi connectivity index (χ3n) is 1.81. The van der Waals surface area contributed by atoms with Crippen LogP contribution < -0.4 is 4.72 Å². The van der Waals surface area contributed by atoms with Gasteiger partial charge in [-0.25, -0.2) is 21.6 Å². The van der Waals surface area contributed by atoms with Crippen LogP contribution in [-0.4, -0.2) is 40.3 Å². The molecular formula is C7H12ClNO4S2. The fourth-order valence-electron chi connectivity index (χ4n) is 1.18. The van der Waals surface area contributed by atoms with E-state index in [4.69, 9.17) is 11.6 Å². The van der Waals surface area contributed by atoms with Crippen LogP contribution in [0.5, 0.6) is 0 Å². The molecule has 1 rings (SSSR count). The van der Waals surface area contributed by atoms with E-state index in [0.29, 0.717) is 6.42 Å². The minimum absolute atomic E-state index is 0.0825. The predicted octanol–water partition coefficient (Wildman–Crippen LogP) is -0.155. The zero-order valence-electron chi connectivity index (χ0n) is 7.89. The summed E-state index contributed by atoms with van der Waals surface area (Å²) in [5, 5.41) is 1.03. The van der Waals surface area contributed by atoms with Crippen molar-refractivity contribution < 1.29 is 16.8 Å². The molecule has 1 N–H and O–H groups in total. The Bertz CT molecular complexity index is 440. The molecule has 1 unspecified atom stereocenters. The number of hydrogen-bond acceptors (Lipinski definition) is 4. The van der Waals surface area contributed by atoms with Gasteiger partial charge in [0.1, 0.15) is 0 Å². The predicted molar refractivity (Wildman–Crippen MR) is 59.0 cm³/mol. The molecule has 1 heterocycles. The van der Waals surface area contributed by atoms with Crippen LogP contribution in [0, 0.1) is 0 Å². The fourth-order valence-corrected chi connectivity index (χ4v) is 4.08. The second-order valence-corrected chi connectivity index (χ2v) is 7.43. The van der Waals surface area contributed by atoms with E-state index in [1.165, 1.54) is 6.08 Å². The molecule has 5 nitrogen and oxygen atoms in total. The highest BCUT2D eigenvalue weighted by Crippen LogP contribution is 2.09. The zero-order valence-corrected chi connectivity index (χ0v) is 10.3. The van der Waals surface area contributed by atoms with E-state index < -0.39 is 25.9 Å². The number of nitrogens with one attached hydrogen (secondary N) is 1. The molecule has 15 heavy (non-hydrogen) atoms. The molecule has 0 saturated carbocycles. The van der Waals surface area contributed by atoms with E-state index in [9.17, 15) is 16.8 Å². The third kappa shape index (κ3) is 4.50. The largest absolute Gasteiger partial charge is 0.224 e. The number of halogens is 1. The summed E-state index contributed by atoms with van der Waals surface area (Å²) < 4.78 is 47.0. The Morgan fingerprint density at radius 2 is 2.13 bits per heavy atom. The lowest BCUT2D eigenvalue weighted by Crippen LogP contribution is -2.37. The molecule has 0 aromatic carbocycles. The minimum Gasteiger partial charge on any atom is -0.224 e. The summed E-state index contributed by atoms with van der Waals surface area (Å²) in [7, 11) is -6.65. The molecule has 0 spiro atoms. The molecule has 0 aromatic rings. The van der Waals surface area contributed by atoms with Gasteiger partial charge in [0.15, 0.2) is 9.84 Å². The summed E-state index contributed by atoms with van der Waals surface area (Å²) in [5.41, 5.74) is 0. The van der Waals surface area contributed by atoms with E-state index in [1.54, 1.807) is 0 Å². The number of sulfone groups is 1. The molecule has 88 valence electrons. The van der Waals surface area contributed by atoms with Crippen molar-refractivity contribution in [1.29, 1.82) is 0 Å². The van der Waals surface area contributed by atoms with E-state index in [-0.39, 0.29) is 17.4 Å². The Hall–Kier alpha value is -0.110. The standard InChI is InChI=1S/C7H12ClNO4S2/c8-3-1-4-15(12,13)9-7-2-5-14(10,11)6-7/h2,5,7,9H,1,3-4,6H2. The van der Waals surface area contributed by atoms with Gasteiger partial charge in [0, 0.05) is 11.3 Å². The van der Waals surface area contributed by atoms with Gasteiger partial charge in [0.25, 0.3) is 0 Å². The van der Waals surface area contributed by atoms with Crippen LogP contribution in [0.1, 0.15) is 6.42 Å². The second-order valence-electron chi connectivity index (χ2n) is 3.24. The van der Waals surface area contributed by atoms with Crippen LogP contribution in [0.25, 0.3) is 0 Å². The summed E-state index contributed by atoms with van der Waals surface area (Å²) in [4.78, 5) is 0. The topological polar surface area (TPSA) is 80.3 Å². The average Bonchev–Trinajstić information content (AvgIpc) is 2.41. The van der Waals surface area contributed by atoms with Crippen LogP contribution in [0.15, 0.2) is 11.5 Å². The van der Waals surface area contributed by atoms with Crippen LogP contribution in [0.3, 0.4) is 0 Å². The molecular weight excluding hydrogens is 262 g/mol. The molecule has 0 saturated heterocycles. The maximum absolute atomic E-state index is 11.4. The number of hydrogen-bond donors (Lipinski definition) is 1. The van der Waals surface area contributed by atoms with E-state index >= 15 is 0 Å². The highest BCUT2D eigenvalue weighted by Gasteiger charge is 2.25. The summed E-state index contributed by atoms with van der Waals surface area (Å²) >= 11 is 5.37. The van der Waals surface area contributed by atoms with Crippen LogP contribution in [0.4, 0.5) is 0 Å². The molecule has 0 radical (unpaired) electrons. The van der Waals surface area contributed by atoms with Crippen LogP contribution in [0.2, 0.25) is 0 Å². The van der Waals surface area contributed by atoms with Crippen LogP contribution >= 0.6 is 11.6 Å². The van der Waals surface area contributed by atoms with Gasteiger partial charge in [-0.2, -0.15) is 0 Å². The summed E-state index contributed by atoms with van der Waals surface area (Å²) in [6, 6.07) is -0.643. The van der Waals surface area contributed by atoms with Gasteiger partial charge in [-0.3, -0.25) is 0 Å². The molecule has 8 heteroatoms. The summed E-state index contributed by atoms with van der Waals surface area (Å²) in [6.45, 7) is 0. The first kappa shape index (κ1) is 13.0. The highest BCUT2D eigenvalue weighted by molar-refractivity contribution is 7.94. The number of alkyl halides is 1. The maximum atomic E-state index is 11.4. The van der Waals surface area contributed by atoms with Crippen LogP contribution in [-0.2, 0) is 19.9 Å². The minimum atomic E-state index is -3.43. The van der Waals surface area contributed by atoms with Crippen molar-refractivity contribution in [3.8, 4) is 0 Å². The monoisotopic (exact) mass is 273 g/mol. The second kappa shape index (κ2) is 4.82. The quantitative estimate of drug-likeness (QED) is 0.706. The van der Waals surface area contributed by atoms with Gasteiger partial charge in [-0.1, -0.05) is 6.08 Å². The van der Waals surface area contributed by atoms with Gasteiger partial charge in [0.05, 0.1) is 17.5 Å². The summed E-state index contributed by atoms with van der Waals surface area (Å²) in [5.74, 6) is -0.0201. The molecule has 0 fully saturated rings. The normalized spacial score (nSPS) is 24.5.